The van der Waals surface area contributed by atoms with E-state index in [0.717, 1.165) is 51.4 Å². The maximum absolute atomic E-state index is 13.6. The number of ketones is 2. The molecule has 0 saturated heterocycles. The molecule has 5 saturated carbocycles. The third-order valence-electron chi connectivity index (χ3n) is 16.1. The highest BCUT2D eigenvalue weighted by atomic mass is 35.5. The maximum Gasteiger partial charge on any atom is 0.384 e. The SMILES string of the molecule is C#CC(=O)OC[C@]12CC[C@@H](C(=C)C)[C@@H]1[C@H]1CC[C@@H]3[C@@]4(C)CC[C@H](OC5=C(Cl)C(=O)c6ccccc6C5=O)C(C)(C)[C@@H]4CC[C@@]3(C)[C@]1(C)CC2. The second-order valence-electron chi connectivity index (χ2n) is 18.1. The van der Waals surface area contributed by atoms with Gasteiger partial charge in [0.15, 0.2) is 5.76 Å². The smallest absolute Gasteiger partial charge is 0.384 e. The zero-order chi connectivity index (χ0) is 35.3. The van der Waals surface area contributed by atoms with Gasteiger partial charge in [-0.3, -0.25) is 9.59 Å². The molecule has 1 aromatic rings. The molecule has 7 rings (SSSR count). The summed E-state index contributed by atoms with van der Waals surface area (Å²) >= 11 is 6.59. The van der Waals surface area contributed by atoms with Crippen molar-refractivity contribution in [3.05, 3.63) is 58.3 Å². The molecule has 6 heteroatoms. The molecule has 0 aliphatic heterocycles. The number of terminal acetylenes is 1. The summed E-state index contributed by atoms with van der Waals surface area (Å²) in [6.07, 6.45) is 16.0. The van der Waals surface area contributed by atoms with Crippen molar-refractivity contribution in [1.82, 2.24) is 0 Å². The van der Waals surface area contributed by atoms with Gasteiger partial charge in [0.05, 0.1) is 6.61 Å². The van der Waals surface area contributed by atoms with Crippen molar-refractivity contribution < 1.29 is 23.9 Å². The second kappa shape index (κ2) is 11.6. The van der Waals surface area contributed by atoms with Crippen LogP contribution in [0.1, 0.15) is 126 Å². The normalized spacial score (nSPS) is 42.1. The zero-order valence-electron chi connectivity index (χ0n) is 30.3. The van der Waals surface area contributed by atoms with Gasteiger partial charge in [0.1, 0.15) is 11.1 Å². The molecule has 0 amide bonds. The zero-order valence-corrected chi connectivity index (χ0v) is 31.0. The topological polar surface area (TPSA) is 69.7 Å². The molecule has 262 valence electrons. The van der Waals surface area contributed by atoms with Crippen molar-refractivity contribution in [1.29, 1.82) is 0 Å². The third kappa shape index (κ3) is 4.74. The molecule has 5 nitrogen and oxygen atoms in total. The van der Waals surface area contributed by atoms with Crippen LogP contribution < -0.4 is 0 Å². The van der Waals surface area contributed by atoms with Crippen molar-refractivity contribution in [3.63, 3.8) is 0 Å². The van der Waals surface area contributed by atoms with E-state index in [2.05, 4.69) is 54.0 Å². The minimum atomic E-state index is -0.549. The number of hydrogen-bond acceptors (Lipinski definition) is 5. The lowest BCUT2D eigenvalue weighted by Crippen LogP contribution is -2.67. The number of benzene rings is 1. The largest absolute Gasteiger partial charge is 0.484 e. The van der Waals surface area contributed by atoms with E-state index in [1.165, 1.54) is 18.4 Å². The number of rotatable bonds is 5. The van der Waals surface area contributed by atoms with Crippen molar-refractivity contribution >= 4 is 29.1 Å². The number of fused-ring (bicyclic) bond motifs is 8. The number of carbonyl (C=O) groups excluding carboxylic acids is 3. The number of hydrogen-bond donors (Lipinski definition) is 0. The van der Waals surface area contributed by atoms with Crippen LogP contribution in [0.3, 0.4) is 0 Å². The molecule has 0 unspecified atom stereocenters. The van der Waals surface area contributed by atoms with Gasteiger partial charge in [-0.2, -0.15) is 0 Å². The molecule has 6 aliphatic rings. The number of Topliss-reactive ketones (excluding diaryl/α,β-unsaturated/α-hetero) is 2. The number of ether oxygens (including phenoxy) is 2. The van der Waals surface area contributed by atoms with Gasteiger partial charge in [-0.05, 0) is 117 Å². The Morgan fingerprint density at radius 3 is 2.27 bits per heavy atom. The lowest BCUT2D eigenvalue weighted by molar-refractivity contribution is -0.250. The monoisotopic (exact) mass is 684 g/mol. The third-order valence-corrected chi connectivity index (χ3v) is 16.4. The van der Waals surface area contributed by atoms with Crippen molar-refractivity contribution in [2.24, 2.45) is 56.7 Å². The summed E-state index contributed by atoms with van der Waals surface area (Å²) in [6.45, 7) is 19.5. The minimum Gasteiger partial charge on any atom is -0.484 e. The number of halogens is 1. The molecule has 49 heavy (non-hydrogen) atoms. The van der Waals surface area contributed by atoms with E-state index >= 15 is 0 Å². The Balaban J connectivity index is 1.17. The summed E-state index contributed by atoms with van der Waals surface area (Å²) in [4.78, 5) is 38.9. The molecule has 0 spiro atoms. The predicted molar refractivity (Wildman–Crippen MR) is 192 cm³/mol. The maximum atomic E-state index is 13.6. The molecular weight excluding hydrogens is 632 g/mol. The summed E-state index contributed by atoms with van der Waals surface area (Å²) < 4.78 is 12.4. The Kier molecular flexibility index (Phi) is 8.19. The first-order valence-electron chi connectivity index (χ1n) is 18.6. The van der Waals surface area contributed by atoms with Gasteiger partial charge in [0.25, 0.3) is 0 Å². The second-order valence-corrected chi connectivity index (χ2v) is 18.5. The summed E-state index contributed by atoms with van der Waals surface area (Å²) in [6, 6.07) is 6.87. The highest BCUT2D eigenvalue weighted by molar-refractivity contribution is 6.49. The van der Waals surface area contributed by atoms with E-state index < -0.39 is 5.97 Å². The summed E-state index contributed by atoms with van der Waals surface area (Å²) in [5, 5.41) is -0.0993. The number of esters is 1. The van der Waals surface area contributed by atoms with E-state index in [4.69, 9.17) is 27.5 Å². The first-order valence-corrected chi connectivity index (χ1v) is 19.0. The Hall–Kier alpha value is -2.84. The quantitative estimate of drug-likeness (QED) is 0.134. The fourth-order valence-electron chi connectivity index (χ4n) is 13.5. The Morgan fingerprint density at radius 2 is 1.59 bits per heavy atom. The average Bonchev–Trinajstić information content (AvgIpc) is 3.46. The molecule has 10 atom stereocenters. The van der Waals surface area contributed by atoms with E-state index in [1.807, 2.05) is 0 Å². The van der Waals surface area contributed by atoms with Crippen LogP contribution in [0, 0.1) is 69.0 Å². The summed E-state index contributed by atoms with van der Waals surface area (Å²) in [5.74, 6) is 3.38. The van der Waals surface area contributed by atoms with Crippen LogP contribution in [0.5, 0.6) is 0 Å². The molecular formula is C43H53ClO5. The van der Waals surface area contributed by atoms with Crippen LogP contribution in [0.2, 0.25) is 0 Å². The predicted octanol–water partition coefficient (Wildman–Crippen LogP) is 9.74. The summed E-state index contributed by atoms with van der Waals surface area (Å²) in [5.41, 5.74) is 2.15. The van der Waals surface area contributed by atoms with Gasteiger partial charge in [-0.25, -0.2) is 4.79 Å². The lowest BCUT2D eigenvalue weighted by atomic mass is 9.32. The average molecular weight is 685 g/mol. The van der Waals surface area contributed by atoms with E-state index in [9.17, 15) is 14.4 Å². The Bertz CT molecular complexity index is 1700. The molecule has 5 fully saturated rings. The van der Waals surface area contributed by atoms with Crippen molar-refractivity contribution in [3.8, 4) is 12.3 Å². The van der Waals surface area contributed by atoms with Crippen molar-refractivity contribution in [2.75, 3.05) is 6.61 Å². The molecule has 1 aromatic carbocycles. The van der Waals surface area contributed by atoms with Gasteiger partial charge in [0, 0.05) is 27.9 Å². The molecule has 0 bridgehead atoms. The van der Waals surface area contributed by atoms with E-state index in [1.54, 1.807) is 24.3 Å². The van der Waals surface area contributed by atoms with Crippen molar-refractivity contribution in [2.45, 2.75) is 112 Å². The van der Waals surface area contributed by atoms with Gasteiger partial charge in [-0.1, -0.05) is 82.6 Å². The molecule has 0 heterocycles. The number of carbonyl (C=O) groups is 3. The van der Waals surface area contributed by atoms with Crippen LogP contribution >= 0.6 is 11.6 Å². The van der Waals surface area contributed by atoms with Gasteiger partial charge >= 0.3 is 5.97 Å². The fraction of sp³-hybridized carbons (Fsp3) is 0.651. The Labute approximate surface area is 298 Å². The van der Waals surface area contributed by atoms with Crippen LogP contribution in [-0.2, 0) is 14.3 Å². The lowest BCUT2D eigenvalue weighted by Gasteiger charge is -2.73. The van der Waals surface area contributed by atoms with Crippen LogP contribution in [0.25, 0.3) is 0 Å². The van der Waals surface area contributed by atoms with Crippen LogP contribution in [-0.4, -0.2) is 30.2 Å². The standard InChI is InChI=1S/C43H53ClO5/c1-9-33(45)48-24-43-21-16-26(25(2)3)34(43)29-14-15-31-40(6)19-18-32(39(4,5)30(40)17-20-42(31,8)41(29,7)22-23-43)49-38-35(44)36(46)27-12-10-11-13-28(27)37(38)47/h1,10-13,26,29-32,34H,2,14-24H2,3-8H3/t26-,29+,30-,31+,32-,34+,40-,41+,42+,43+/m0/s1. The molecule has 0 radical (unpaired) electrons. The highest BCUT2D eigenvalue weighted by Gasteiger charge is 2.71. The van der Waals surface area contributed by atoms with Crippen LogP contribution in [0.4, 0.5) is 0 Å². The van der Waals surface area contributed by atoms with E-state index in [0.29, 0.717) is 47.3 Å². The van der Waals surface area contributed by atoms with Crippen LogP contribution in [0.15, 0.2) is 47.2 Å². The van der Waals surface area contributed by atoms with Gasteiger partial charge in [-0.15, -0.1) is 6.42 Å². The first kappa shape index (κ1) is 34.6. The number of allylic oxidation sites excluding steroid dienone is 3. The van der Waals surface area contributed by atoms with E-state index in [-0.39, 0.29) is 55.5 Å². The molecule has 0 N–H and O–H groups in total. The Morgan fingerprint density at radius 1 is 0.898 bits per heavy atom. The van der Waals surface area contributed by atoms with Gasteiger partial charge in [0.2, 0.25) is 11.6 Å². The first-order chi connectivity index (χ1) is 23.1. The van der Waals surface area contributed by atoms with Gasteiger partial charge < -0.3 is 9.47 Å². The minimum absolute atomic E-state index is 0.0166. The summed E-state index contributed by atoms with van der Waals surface area (Å²) in [7, 11) is 0. The fourth-order valence-corrected chi connectivity index (χ4v) is 13.8. The highest BCUT2D eigenvalue weighted by Crippen LogP contribution is 2.77. The molecule has 0 aromatic heterocycles. The molecule has 6 aliphatic carbocycles.